The van der Waals surface area contributed by atoms with Gasteiger partial charge in [-0.15, -0.1) is 0 Å². The molecule has 3 aromatic rings. The molecule has 0 spiro atoms. The van der Waals surface area contributed by atoms with Crippen molar-refractivity contribution in [3.8, 4) is 0 Å². The Hall–Kier alpha value is -2.29. The van der Waals surface area contributed by atoms with Gasteiger partial charge in [0.1, 0.15) is 0 Å². The van der Waals surface area contributed by atoms with Gasteiger partial charge in [0.2, 0.25) is 0 Å². The first-order valence-corrected chi connectivity index (χ1v) is 11.6. The highest BCUT2D eigenvalue weighted by Gasteiger charge is 2.22. The summed E-state index contributed by atoms with van der Waals surface area (Å²) in [5, 5.41) is 0.620. The molecule has 0 saturated carbocycles. The Morgan fingerprint density at radius 3 is 2.50 bits per heavy atom. The van der Waals surface area contributed by atoms with Gasteiger partial charge in [0.25, 0.3) is 5.91 Å². The summed E-state index contributed by atoms with van der Waals surface area (Å²) in [6.45, 7) is 1.33. The Morgan fingerprint density at radius 1 is 1.07 bits per heavy atom. The van der Waals surface area contributed by atoms with E-state index in [2.05, 4.69) is 9.88 Å². The summed E-state index contributed by atoms with van der Waals surface area (Å²) >= 11 is 1.46. The number of carbonyl (C=O) groups excluding carboxylic acids is 1. The van der Waals surface area contributed by atoms with Crippen LogP contribution in [0.4, 0.5) is 5.13 Å². The predicted molar refractivity (Wildman–Crippen MR) is 114 cm³/mol. The first kappa shape index (κ1) is 20.4. The van der Waals surface area contributed by atoms with E-state index in [1.54, 1.807) is 17.0 Å². The fourth-order valence-electron chi connectivity index (χ4n) is 2.82. The number of hydrogen-bond donors (Lipinski definition) is 0. The Kier molecular flexibility index (Phi) is 6.12. The van der Waals surface area contributed by atoms with E-state index in [0.717, 1.165) is 29.4 Å². The highest BCUT2D eigenvalue weighted by molar-refractivity contribution is 7.90. The van der Waals surface area contributed by atoms with Gasteiger partial charge >= 0.3 is 0 Å². The number of rotatable bonds is 7. The highest BCUT2D eigenvalue weighted by atomic mass is 32.2. The molecule has 1 heterocycles. The van der Waals surface area contributed by atoms with Gasteiger partial charge in [0, 0.05) is 18.4 Å². The van der Waals surface area contributed by atoms with Gasteiger partial charge < -0.3 is 4.90 Å². The monoisotopic (exact) mass is 417 g/mol. The maximum atomic E-state index is 13.3. The quantitative estimate of drug-likeness (QED) is 0.590. The maximum absolute atomic E-state index is 13.3. The van der Waals surface area contributed by atoms with Gasteiger partial charge in [-0.2, -0.15) is 0 Å². The zero-order chi connectivity index (χ0) is 20.3. The number of anilines is 1. The van der Waals surface area contributed by atoms with Crippen LogP contribution in [0.5, 0.6) is 0 Å². The number of sulfone groups is 1. The van der Waals surface area contributed by atoms with Crippen LogP contribution in [0.1, 0.15) is 16.8 Å². The molecule has 2 aromatic carbocycles. The van der Waals surface area contributed by atoms with Gasteiger partial charge in [-0.05, 0) is 57.4 Å². The number of para-hydroxylation sites is 1. The van der Waals surface area contributed by atoms with Gasteiger partial charge in [-0.3, -0.25) is 9.69 Å². The van der Waals surface area contributed by atoms with E-state index < -0.39 is 9.84 Å². The summed E-state index contributed by atoms with van der Waals surface area (Å²) in [4.78, 5) is 21.7. The molecule has 0 saturated heterocycles. The number of carbonyl (C=O) groups is 1. The highest BCUT2D eigenvalue weighted by Crippen LogP contribution is 2.30. The van der Waals surface area contributed by atoms with Crippen LogP contribution in [0.2, 0.25) is 0 Å². The number of benzene rings is 2. The Balaban J connectivity index is 1.97. The molecule has 0 aliphatic carbocycles. The van der Waals surface area contributed by atoms with E-state index in [1.807, 2.05) is 38.4 Å². The van der Waals surface area contributed by atoms with Gasteiger partial charge in [0.15, 0.2) is 15.0 Å². The minimum absolute atomic E-state index is 0.135. The van der Waals surface area contributed by atoms with Crippen LogP contribution in [0.15, 0.2) is 53.4 Å². The second-order valence-corrected chi connectivity index (χ2v) is 9.90. The van der Waals surface area contributed by atoms with E-state index in [4.69, 9.17) is 0 Å². The molecule has 6 nitrogen and oxygen atoms in total. The molecule has 0 radical (unpaired) electrons. The molecule has 8 heteroatoms. The number of hydrogen-bond acceptors (Lipinski definition) is 6. The lowest BCUT2D eigenvalue weighted by atomic mass is 10.2. The normalized spacial score (nSPS) is 11.9. The van der Waals surface area contributed by atoms with Crippen LogP contribution in [0, 0.1) is 0 Å². The second-order valence-electron chi connectivity index (χ2n) is 6.88. The molecule has 0 bridgehead atoms. The topological polar surface area (TPSA) is 70.6 Å². The molecule has 0 fully saturated rings. The van der Waals surface area contributed by atoms with Crippen molar-refractivity contribution in [3.05, 3.63) is 54.1 Å². The second kappa shape index (κ2) is 8.38. The van der Waals surface area contributed by atoms with Crippen LogP contribution >= 0.6 is 11.3 Å². The lowest BCUT2D eigenvalue weighted by molar-refractivity contribution is 0.0986. The third-order valence-electron chi connectivity index (χ3n) is 4.25. The van der Waals surface area contributed by atoms with Crippen molar-refractivity contribution in [2.45, 2.75) is 11.3 Å². The van der Waals surface area contributed by atoms with Crippen molar-refractivity contribution in [2.75, 3.05) is 38.3 Å². The van der Waals surface area contributed by atoms with E-state index >= 15 is 0 Å². The van der Waals surface area contributed by atoms with E-state index in [-0.39, 0.29) is 10.8 Å². The van der Waals surface area contributed by atoms with Crippen LogP contribution in [0.3, 0.4) is 0 Å². The first-order chi connectivity index (χ1) is 13.3. The number of amides is 1. The Bertz CT molecular complexity index is 1060. The molecule has 3 rings (SSSR count). The molecule has 0 atom stereocenters. The summed E-state index contributed by atoms with van der Waals surface area (Å²) < 4.78 is 24.7. The van der Waals surface area contributed by atoms with Crippen molar-refractivity contribution in [2.24, 2.45) is 0 Å². The lowest BCUT2D eigenvalue weighted by Crippen LogP contribution is -2.33. The molecule has 1 aromatic heterocycles. The van der Waals surface area contributed by atoms with Gasteiger partial charge in [-0.25, -0.2) is 13.4 Å². The fraction of sp³-hybridized carbons (Fsp3) is 0.300. The minimum Gasteiger partial charge on any atom is -0.309 e. The van der Waals surface area contributed by atoms with E-state index in [0.29, 0.717) is 17.2 Å². The zero-order valence-electron chi connectivity index (χ0n) is 16.1. The molecule has 0 N–H and O–H groups in total. The molecular weight excluding hydrogens is 394 g/mol. The largest absolute Gasteiger partial charge is 0.309 e. The Morgan fingerprint density at radius 2 is 1.82 bits per heavy atom. The maximum Gasteiger partial charge on any atom is 0.260 e. The van der Waals surface area contributed by atoms with Crippen molar-refractivity contribution in [1.82, 2.24) is 9.88 Å². The molecule has 0 aliphatic rings. The standard InChI is InChI=1S/C20H23N3O3S2/c1-22(2)12-7-13-23(20-21-17-10-4-5-11-18(17)27-20)19(24)15-8-6-9-16(14-15)28(3,25)26/h4-6,8-11,14H,7,12-13H2,1-3H3. The van der Waals surface area contributed by atoms with Crippen LogP contribution < -0.4 is 4.90 Å². The smallest absolute Gasteiger partial charge is 0.260 e. The van der Waals surface area contributed by atoms with Crippen LogP contribution in [-0.4, -0.2) is 57.6 Å². The van der Waals surface area contributed by atoms with E-state index in [1.165, 1.54) is 23.5 Å². The van der Waals surface area contributed by atoms with Crippen LogP contribution in [0.25, 0.3) is 10.2 Å². The van der Waals surface area contributed by atoms with Crippen molar-refractivity contribution in [3.63, 3.8) is 0 Å². The minimum atomic E-state index is -3.39. The average molecular weight is 418 g/mol. The summed E-state index contributed by atoms with van der Waals surface area (Å²) in [6.07, 6.45) is 1.92. The lowest BCUT2D eigenvalue weighted by Gasteiger charge is -2.21. The molecule has 0 unspecified atom stereocenters. The van der Waals surface area contributed by atoms with Crippen LogP contribution in [-0.2, 0) is 9.84 Å². The average Bonchev–Trinajstić information content (AvgIpc) is 3.07. The molecule has 148 valence electrons. The summed E-state index contributed by atoms with van der Waals surface area (Å²) in [5.41, 5.74) is 1.19. The van der Waals surface area contributed by atoms with Crippen molar-refractivity contribution < 1.29 is 13.2 Å². The molecule has 1 amide bonds. The van der Waals surface area contributed by atoms with Gasteiger partial charge in [-0.1, -0.05) is 29.5 Å². The predicted octanol–water partition coefficient (Wildman–Crippen LogP) is 3.30. The van der Waals surface area contributed by atoms with Crippen molar-refractivity contribution in [1.29, 1.82) is 0 Å². The third kappa shape index (κ3) is 4.76. The third-order valence-corrected chi connectivity index (χ3v) is 6.42. The molecule has 28 heavy (non-hydrogen) atoms. The fourth-order valence-corrected chi connectivity index (χ4v) is 4.48. The molecular formula is C20H23N3O3S2. The Labute approximate surface area is 169 Å². The number of thiazole rings is 1. The molecule has 0 aliphatic heterocycles. The summed E-state index contributed by atoms with van der Waals surface area (Å²) in [6, 6.07) is 13.9. The zero-order valence-corrected chi connectivity index (χ0v) is 17.8. The first-order valence-electron chi connectivity index (χ1n) is 8.88. The van der Waals surface area contributed by atoms with Gasteiger partial charge in [0.05, 0.1) is 15.1 Å². The SMILES string of the molecule is CN(C)CCCN(C(=O)c1cccc(S(C)(=O)=O)c1)c1nc2ccccc2s1. The van der Waals surface area contributed by atoms with Crippen molar-refractivity contribution >= 4 is 42.4 Å². The number of fused-ring (bicyclic) bond motifs is 1. The number of aromatic nitrogens is 1. The number of nitrogens with zero attached hydrogens (tertiary/aromatic N) is 3. The summed E-state index contributed by atoms with van der Waals surface area (Å²) in [5.74, 6) is -0.247. The van der Waals surface area contributed by atoms with E-state index in [9.17, 15) is 13.2 Å². The summed E-state index contributed by atoms with van der Waals surface area (Å²) in [7, 11) is 0.583.